The molecule has 0 amide bonds. The van der Waals surface area contributed by atoms with Gasteiger partial charge in [-0.05, 0) is 44.5 Å². The van der Waals surface area contributed by atoms with E-state index >= 15 is 0 Å². The predicted octanol–water partition coefficient (Wildman–Crippen LogP) is 1.48. The van der Waals surface area contributed by atoms with Crippen LogP contribution in [-0.2, 0) is 6.54 Å². The molecule has 3 rings (SSSR count). The van der Waals surface area contributed by atoms with Crippen LogP contribution in [0.3, 0.4) is 0 Å². The van der Waals surface area contributed by atoms with Crippen LogP contribution in [0.5, 0.6) is 0 Å². The van der Waals surface area contributed by atoms with Crippen LogP contribution in [0.1, 0.15) is 24.8 Å². The van der Waals surface area contributed by atoms with E-state index in [9.17, 15) is 0 Å². The van der Waals surface area contributed by atoms with Gasteiger partial charge in [-0.25, -0.2) is 0 Å². The Morgan fingerprint density at radius 1 is 1.26 bits per heavy atom. The molecule has 104 valence electrons. The number of nitrogens with zero attached hydrogens (tertiary/aromatic N) is 3. The van der Waals surface area contributed by atoms with E-state index < -0.39 is 0 Å². The van der Waals surface area contributed by atoms with Gasteiger partial charge in [0.05, 0.1) is 11.9 Å². The molecule has 0 unspecified atom stereocenters. The third-order valence-electron chi connectivity index (χ3n) is 4.11. The smallest absolute Gasteiger partial charge is 0.0598 e. The Hall–Kier alpha value is -1.13. The maximum atomic E-state index is 4.33. The molecule has 2 aliphatic rings. The lowest BCUT2D eigenvalue weighted by atomic mass is 10.2. The van der Waals surface area contributed by atoms with Crippen LogP contribution < -0.4 is 10.2 Å². The van der Waals surface area contributed by atoms with E-state index in [1.54, 1.807) is 0 Å². The molecule has 1 saturated heterocycles. The number of pyridine rings is 1. The van der Waals surface area contributed by atoms with Crippen molar-refractivity contribution in [3.8, 4) is 0 Å². The first kappa shape index (κ1) is 12.9. The van der Waals surface area contributed by atoms with E-state index in [0.717, 1.165) is 32.2 Å². The van der Waals surface area contributed by atoms with Gasteiger partial charge in [0, 0.05) is 38.4 Å². The van der Waals surface area contributed by atoms with Crippen LogP contribution in [0.4, 0.5) is 5.69 Å². The van der Waals surface area contributed by atoms with Crippen LogP contribution in [0.2, 0.25) is 0 Å². The van der Waals surface area contributed by atoms with Crippen molar-refractivity contribution in [3.63, 3.8) is 0 Å². The van der Waals surface area contributed by atoms with Crippen molar-refractivity contribution < 1.29 is 0 Å². The zero-order valence-electron chi connectivity index (χ0n) is 11.8. The van der Waals surface area contributed by atoms with E-state index in [-0.39, 0.29) is 0 Å². The molecule has 0 bridgehead atoms. The first-order chi connectivity index (χ1) is 9.33. The van der Waals surface area contributed by atoms with Crippen LogP contribution in [0.15, 0.2) is 18.5 Å². The van der Waals surface area contributed by atoms with Gasteiger partial charge in [-0.2, -0.15) is 0 Å². The molecule has 1 N–H and O–H groups in total. The Morgan fingerprint density at radius 3 is 3.00 bits per heavy atom. The van der Waals surface area contributed by atoms with Crippen molar-refractivity contribution in [3.05, 3.63) is 24.0 Å². The molecule has 1 aliphatic carbocycles. The summed E-state index contributed by atoms with van der Waals surface area (Å²) in [6, 6.07) is 2.93. The fourth-order valence-electron chi connectivity index (χ4n) is 2.68. The first-order valence-electron chi connectivity index (χ1n) is 7.43. The number of hydrogen-bond donors (Lipinski definition) is 1. The molecule has 2 heterocycles. The molecule has 1 aromatic rings. The summed E-state index contributed by atoms with van der Waals surface area (Å²) in [5, 5.41) is 3.61. The molecular formula is C15H24N4. The Bertz CT molecular complexity index is 416. The summed E-state index contributed by atoms with van der Waals surface area (Å²) in [5.41, 5.74) is 2.72. The van der Waals surface area contributed by atoms with Crippen molar-refractivity contribution in [2.75, 3.05) is 38.1 Å². The lowest BCUT2D eigenvalue weighted by molar-refractivity contribution is 0.360. The van der Waals surface area contributed by atoms with Crippen molar-refractivity contribution in [2.24, 2.45) is 0 Å². The Balaban J connectivity index is 1.70. The van der Waals surface area contributed by atoms with Crippen LogP contribution in [0.25, 0.3) is 0 Å². The van der Waals surface area contributed by atoms with E-state index in [2.05, 4.69) is 33.2 Å². The number of likely N-dealkylation sites (N-methyl/N-ethyl adjacent to an activating group) is 1. The van der Waals surface area contributed by atoms with E-state index in [4.69, 9.17) is 0 Å². The maximum Gasteiger partial charge on any atom is 0.0598 e. The zero-order valence-corrected chi connectivity index (χ0v) is 11.8. The molecular weight excluding hydrogens is 236 g/mol. The predicted molar refractivity (Wildman–Crippen MR) is 78.4 cm³/mol. The molecule has 2 fully saturated rings. The maximum absolute atomic E-state index is 4.33. The van der Waals surface area contributed by atoms with E-state index in [1.807, 2.05) is 12.4 Å². The lowest BCUT2D eigenvalue weighted by Gasteiger charge is -2.25. The number of nitrogens with one attached hydrogen (secondary N) is 1. The minimum Gasteiger partial charge on any atom is -0.369 e. The summed E-state index contributed by atoms with van der Waals surface area (Å²) < 4.78 is 0. The van der Waals surface area contributed by atoms with Crippen LogP contribution in [0, 0.1) is 0 Å². The Labute approximate surface area is 115 Å². The molecule has 19 heavy (non-hydrogen) atoms. The topological polar surface area (TPSA) is 31.4 Å². The highest BCUT2D eigenvalue weighted by Crippen LogP contribution is 2.23. The number of hydrogen-bond acceptors (Lipinski definition) is 4. The van der Waals surface area contributed by atoms with E-state index in [0.29, 0.717) is 0 Å². The zero-order chi connectivity index (χ0) is 13.1. The number of anilines is 1. The highest BCUT2D eigenvalue weighted by molar-refractivity contribution is 5.51. The first-order valence-corrected chi connectivity index (χ1v) is 7.43. The van der Waals surface area contributed by atoms with Crippen LogP contribution in [-0.4, -0.2) is 49.2 Å². The summed E-state index contributed by atoms with van der Waals surface area (Å²) in [6.45, 7) is 5.58. The van der Waals surface area contributed by atoms with Gasteiger partial charge in [0.25, 0.3) is 0 Å². The van der Waals surface area contributed by atoms with Gasteiger partial charge in [0.2, 0.25) is 0 Å². The average Bonchev–Trinajstić information content (AvgIpc) is 3.25. The largest absolute Gasteiger partial charge is 0.369 e. The number of rotatable bonds is 4. The third kappa shape index (κ3) is 3.45. The van der Waals surface area contributed by atoms with Gasteiger partial charge in [-0.15, -0.1) is 0 Å². The van der Waals surface area contributed by atoms with Gasteiger partial charge < -0.3 is 15.1 Å². The monoisotopic (exact) mass is 260 g/mol. The fraction of sp³-hybridized carbons (Fsp3) is 0.667. The molecule has 1 saturated carbocycles. The molecule has 0 spiro atoms. The highest BCUT2D eigenvalue weighted by atomic mass is 15.2. The normalized spacial score (nSPS) is 21.4. The van der Waals surface area contributed by atoms with Crippen molar-refractivity contribution in [2.45, 2.75) is 31.8 Å². The lowest BCUT2D eigenvalue weighted by Crippen LogP contribution is -2.30. The quantitative estimate of drug-likeness (QED) is 0.888. The minimum absolute atomic E-state index is 0.760. The minimum atomic E-state index is 0.760. The molecule has 1 aliphatic heterocycles. The van der Waals surface area contributed by atoms with E-state index in [1.165, 1.54) is 37.1 Å². The fourth-order valence-corrected chi connectivity index (χ4v) is 2.68. The van der Waals surface area contributed by atoms with Gasteiger partial charge in [-0.1, -0.05) is 0 Å². The number of aromatic nitrogens is 1. The second kappa shape index (κ2) is 5.88. The Kier molecular flexibility index (Phi) is 3.99. The van der Waals surface area contributed by atoms with Crippen LogP contribution >= 0.6 is 0 Å². The van der Waals surface area contributed by atoms with Crippen molar-refractivity contribution in [1.29, 1.82) is 0 Å². The standard InChI is InChI=1S/C15H24N4/c1-18-7-2-8-19(10-9-18)15-12-16-6-5-13(15)11-17-14-3-4-14/h5-6,12,14,17H,2-4,7-11H2,1H3. The molecule has 0 radical (unpaired) electrons. The summed E-state index contributed by atoms with van der Waals surface area (Å²) >= 11 is 0. The molecule has 4 heteroatoms. The van der Waals surface area contributed by atoms with Gasteiger partial charge in [0.15, 0.2) is 0 Å². The molecule has 0 atom stereocenters. The summed E-state index contributed by atoms with van der Waals surface area (Å²) in [7, 11) is 2.21. The molecule has 4 nitrogen and oxygen atoms in total. The second-order valence-corrected chi connectivity index (χ2v) is 5.80. The third-order valence-corrected chi connectivity index (χ3v) is 4.11. The average molecular weight is 260 g/mol. The second-order valence-electron chi connectivity index (χ2n) is 5.80. The molecule has 0 aromatic carbocycles. The van der Waals surface area contributed by atoms with Gasteiger partial charge in [-0.3, -0.25) is 4.98 Å². The highest BCUT2D eigenvalue weighted by Gasteiger charge is 2.21. The SMILES string of the molecule is CN1CCCN(c2cnccc2CNC2CC2)CC1. The summed E-state index contributed by atoms with van der Waals surface area (Å²) in [5.74, 6) is 0. The van der Waals surface area contributed by atoms with Gasteiger partial charge in [0.1, 0.15) is 0 Å². The summed E-state index contributed by atoms with van der Waals surface area (Å²) in [4.78, 5) is 9.25. The van der Waals surface area contributed by atoms with Gasteiger partial charge >= 0.3 is 0 Å². The summed E-state index contributed by atoms with van der Waals surface area (Å²) in [6.07, 6.45) is 7.87. The molecule has 1 aromatic heterocycles. The Morgan fingerprint density at radius 2 is 2.16 bits per heavy atom. The van der Waals surface area contributed by atoms with Crippen molar-refractivity contribution >= 4 is 5.69 Å². The van der Waals surface area contributed by atoms with Crippen molar-refractivity contribution in [1.82, 2.24) is 15.2 Å².